The number of rotatable bonds is 4. The maximum absolute atomic E-state index is 13.1. The van der Waals surface area contributed by atoms with Gasteiger partial charge in [-0.1, -0.05) is 48.5 Å². The molecule has 0 aliphatic carbocycles. The summed E-state index contributed by atoms with van der Waals surface area (Å²) in [5.74, 6) is -0.0126. The summed E-state index contributed by atoms with van der Waals surface area (Å²) in [5.41, 5.74) is 5.36. The molecule has 3 nitrogen and oxygen atoms in total. The van der Waals surface area contributed by atoms with Gasteiger partial charge in [0.1, 0.15) is 0 Å². The van der Waals surface area contributed by atoms with Gasteiger partial charge in [-0.25, -0.2) is 0 Å². The van der Waals surface area contributed by atoms with Crippen molar-refractivity contribution < 1.29 is 4.79 Å². The Labute approximate surface area is 149 Å². The van der Waals surface area contributed by atoms with Gasteiger partial charge in [-0.15, -0.1) is 0 Å². The zero-order valence-electron chi connectivity index (χ0n) is 14.9. The molecule has 0 saturated heterocycles. The van der Waals surface area contributed by atoms with Crippen molar-refractivity contribution in [3.8, 4) is 11.3 Å². The number of nitrogens with zero attached hydrogens (tertiary/aromatic N) is 2. The zero-order chi connectivity index (χ0) is 17.8. The van der Waals surface area contributed by atoms with E-state index in [4.69, 9.17) is 0 Å². The van der Waals surface area contributed by atoms with Gasteiger partial charge >= 0.3 is 0 Å². The van der Waals surface area contributed by atoms with E-state index in [1.807, 2.05) is 92.4 Å². The second-order valence-corrected chi connectivity index (χ2v) is 6.03. The summed E-state index contributed by atoms with van der Waals surface area (Å²) in [5, 5.41) is 0. The minimum atomic E-state index is -0.0126. The molecule has 0 radical (unpaired) electrons. The number of hydrogen-bond donors (Lipinski definition) is 0. The molecule has 3 aromatic rings. The second-order valence-electron chi connectivity index (χ2n) is 6.03. The van der Waals surface area contributed by atoms with Gasteiger partial charge in [0, 0.05) is 17.8 Å². The number of anilines is 1. The Morgan fingerprint density at radius 1 is 0.920 bits per heavy atom. The quantitative estimate of drug-likeness (QED) is 0.672. The number of carbonyl (C=O) groups is 1. The van der Waals surface area contributed by atoms with Gasteiger partial charge in [0.05, 0.1) is 17.0 Å². The number of aromatic nitrogens is 1. The first-order valence-corrected chi connectivity index (χ1v) is 8.52. The molecule has 0 fully saturated rings. The fraction of sp³-hybridized carbons (Fsp3) is 0.182. The highest BCUT2D eigenvalue weighted by Crippen LogP contribution is 2.24. The fourth-order valence-corrected chi connectivity index (χ4v) is 2.99. The lowest BCUT2D eigenvalue weighted by Crippen LogP contribution is -2.32. The van der Waals surface area contributed by atoms with Crippen molar-refractivity contribution in [1.29, 1.82) is 0 Å². The minimum Gasteiger partial charge on any atom is -0.308 e. The van der Waals surface area contributed by atoms with Crippen LogP contribution in [0.3, 0.4) is 0 Å². The molecule has 126 valence electrons. The van der Waals surface area contributed by atoms with Crippen LogP contribution in [-0.2, 0) is 0 Å². The smallest absolute Gasteiger partial charge is 0.260 e. The first kappa shape index (κ1) is 16.9. The molecule has 3 heteroatoms. The summed E-state index contributed by atoms with van der Waals surface area (Å²) in [6.45, 7) is 6.52. The normalized spacial score (nSPS) is 10.5. The van der Waals surface area contributed by atoms with E-state index >= 15 is 0 Å². The highest BCUT2D eigenvalue weighted by atomic mass is 16.2. The third-order valence-electron chi connectivity index (χ3n) is 4.35. The van der Waals surface area contributed by atoms with E-state index in [0.29, 0.717) is 12.1 Å². The number of benzene rings is 2. The van der Waals surface area contributed by atoms with Crippen LogP contribution >= 0.6 is 0 Å². The summed E-state index contributed by atoms with van der Waals surface area (Å²) in [6.07, 6.45) is 0. The van der Waals surface area contributed by atoms with E-state index in [-0.39, 0.29) is 5.91 Å². The summed E-state index contributed by atoms with van der Waals surface area (Å²) in [7, 11) is 0. The van der Waals surface area contributed by atoms with Crippen molar-refractivity contribution in [2.45, 2.75) is 20.8 Å². The van der Waals surface area contributed by atoms with E-state index in [2.05, 4.69) is 4.98 Å². The molecular weight excluding hydrogens is 308 g/mol. The van der Waals surface area contributed by atoms with Crippen LogP contribution in [0, 0.1) is 13.8 Å². The van der Waals surface area contributed by atoms with Gasteiger partial charge in [0.25, 0.3) is 5.91 Å². The lowest BCUT2D eigenvalue weighted by molar-refractivity contribution is 0.0987. The van der Waals surface area contributed by atoms with Crippen LogP contribution in [0.1, 0.15) is 28.5 Å². The van der Waals surface area contributed by atoms with Gasteiger partial charge in [0.15, 0.2) is 0 Å². The fourth-order valence-electron chi connectivity index (χ4n) is 2.99. The number of para-hydroxylation sites is 1. The lowest BCUT2D eigenvalue weighted by atomic mass is 10.1. The first-order valence-electron chi connectivity index (χ1n) is 8.52. The SMILES string of the molecule is CCN(C(=O)c1ccc(-c2ccccc2)nc1C)c1ccccc1C. The van der Waals surface area contributed by atoms with Crippen molar-refractivity contribution in [1.82, 2.24) is 4.98 Å². The maximum atomic E-state index is 13.1. The number of amides is 1. The van der Waals surface area contributed by atoms with Crippen molar-refractivity contribution in [3.63, 3.8) is 0 Å². The molecule has 1 heterocycles. The zero-order valence-corrected chi connectivity index (χ0v) is 14.9. The number of pyridine rings is 1. The van der Waals surface area contributed by atoms with Crippen LogP contribution < -0.4 is 4.90 Å². The Hall–Kier alpha value is -2.94. The van der Waals surface area contributed by atoms with Gasteiger partial charge in [0.2, 0.25) is 0 Å². The van der Waals surface area contributed by atoms with Crippen molar-refractivity contribution in [2.75, 3.05) is 11.4 Å². The third-order valence-corrected chi connectivity index (χ3v) is 4.35. The van der Waals surface area contributed by atoms with E-state index in [1.54, 1.807) is 0 Å². The van der Waals surface area contributed by atoms with Crippen molar-refractivity contribution in [2.24, 2.45) is 0 Å². The Kier molecular flexibility index (Phi) is 4.94. The minimum absolute atomic E-state index is 0.0126. The predicted octanol–water partition coefficient (Wildman–Crippen LogP) is 5.03. The Bertz CT molecular complexity index is 888. The second kappa shape index (κ2) is 7.31. The summed E-state index contributed by atoms with van der Waals surface area (Å²) in [6, 6.07) is 21.8. The van der Waals surface area contributed by atoms with Crippen LogP contribution in [0.4, 0.5) is 5.69 Å². The van der Waals surface area contributed by atoms with E-state index in [1.165, 1.54) is 0 Å². The number of hydrogen-bond acceptors (Lipinski definition) is 2. The van der Waals surface area contributed by atoms with E-state index in [9.17, 15) is 4.79 Å². The van der Waals surface area contributed by atoms with Gasteiger partial charge < -0.3 is 4.90 Å². The first-order chi connectivity index (χ1) is 12.1. The average Bonchev–Trinajstić information content (AvgIpc) is 2.64. The lowest BCUT2D eigenvalue weighted by Gasteiger charge is -2.23. The van der Waals surface area contributed by atoms with Crippen LogP contribution in [0.15, 0.2) is 66.7 Å². The molecule has 0 spiro atoms. The van der Waals surface area contributed by atoms with Crippen molar-refractivity contribution >= 4 is 11.6 Å². The van der Waals surface area contributed by atoms with Crippen LogP contribution in [0.5, 0.6) is 0 Å². The monoisotopic (exact) mass is 330 g/mol. The average molecular weight is 330 g/mol. The van der Waals surface area contributed by atoms with E-state index < -0.39 is 0 Å². The molecule has 1 aromatic heterocycles. The third kappa shape index (κ3) is 3.45. The molecule has 0 atom stereocenters. The molecule has 2 aromatic carbocycles. The van der Waals surface area contributed by atoms with E-state index in [0.717, 1.165) is 28.2 Å². The molecular formula is C22H22N2O. The number of aryl methyl sites for hydroxylation is 2. The molecule has 0 aliphatic rings. The molecule has 0 N–H and O–H groups in total. The number of carbonyl (C=O) groups excluding carboxylic acids is 1. The molecule has 0 aliphatic heterocycles. The molecule has 1 amide bonds. The standard InChI is InChI=1S/C22H22N2O/c1-4-24(21-13-9-8-10-16(21)2)22(25)19-14-15-20(23-17(19)3)18-11-6-5-7-12-18/h5-15H,4H2,1-3H3. The Morgan fingerprint density at radius 2 is 1.60 bits per heavy atom. The summed E-state index contributed by atoms with van der Waals surface area (Å²) in [4.78, 5) is 19.5. The van der Waals surface area contributed by atoms with Crippen LogP contribution in [-0.4, -0.2) is 17.4 Å². The highest BCUT2D eigenvalue weighted by Gasteiger charge is 2.20. The van der Waals surface area contributed by atoms with Crippen LogP contribution in [0.25, 0.3) is 11.3 Å². The van der Waals surface area contributed by atoms with Crippen LogP contribution in [0.2, 0.25) is 0 Å². The largest absolute Gasteiger partial charge is 0.308 e. The molecule has 0 saturated carbocycles. The maximum Gasteiger partial charge on any atom is 0.260 e. The molecule has 3 rings (SSSR count). The topological polar surface area (TPSA) is 33.2 Å². The van der Waals surface area contributed by atoms with Gasteiger partial charge in [-0.3, -0.25) is 9.78 Å². The Morgan fingerprint density at radius 3 is 2.24 bits per heavy atom. The summed E-state index contributed by atoms with van der Waals surface area (Å²) < 4.78 is 0. The molecule has 0 bridgehead atoms. The predicted molar refractivity (Wildman–Crippen MR) is 103 cm³/mol. The molecule has 25 heavy (non-hydrogen) atoms. The summed E-state index contributed by atoms with van der Waals surface area (Å²) >= 11 is 0. The molecule has 0 unspecified atom stereocenters. The Balaban J connectivity index is 1.95. The van der Waals surface area contributed by atoms with Gasteiger partial charge in [-0.05, 0) is 44.5 Å². The van der Waals surface area contributed by atoms with Gasteiger partial charge in [-0.2, -0.15) is 0 Å². The highest BCUT2D eigenvalue weighted by molar-refractivity contribution is 6.07. The van der Waals surface area contributed by atoms with Crippen molar-refractivity contribution in [3.05, 3.63) is 83.6 Å².